The van der Waals surface area contributed by atoms with Gasteiger partial charge in [-0.25, -0.2) is 4.79 Å². The zero-order valence-corrected chi connectivity index (χ0v) is 11.8. The van der Waals surface area contributed by atoms with Crippen molar-refractivity contribution >= 4 is 6.09 Å². The maximum absolute atomic E-state index is 12.0. The molecule has 3 N–H and O–H groups in total. The molecule has 2 aliphatic carbocycles. The van der Waals surface area contributed by atoms with Gasteiger partial charge in [-0.3, -0.25) is 0 Å². The van der Waals surface area contributed by atoms with Crippen molar-refractivity contribution in [3.05, 3.63) is 0 Å². The smallest absolute Gasteiger partial charge is 0.408 e. The van der Waals surface area contributed by atoms with Crippen LogP contribution in [0.25, 0.3) is 0 Å². The summed E-state index contributed by atoms with van der Waals surface area (Å²) >= 11 is 0. The predicted octanol–water partition coefficient (Wildman–Crippen LogP) is 2.71. The summed E-state index contributed by atoms with van der Waals surface area (Å²) in [6, 6.07) is 0. The van der Waals surface area contributed by atoms with E-state index in [2.05, 4.69) is 5.32 Å². The van der Waals surface area contributed by atoms with E-state index in [1.165, 1.54) is 6.42 Å². The van der Waals surface area contributed by atoms with Crippen LogP contribution in [0.5, 0.6) is 0 Å². The Hall–Kier alpha value is -0.770. The molecule has 0 aromatic carbocycles. The molecule has 18 heavy (non-hydrogen) atoms. The van der Waals surface area contributed by atoms with E-state index in [0.717, 1.165) is 38.5 Å². The first-order valence-electron chi connectivity index (χ1n) is 7.07. The Morgan fingerprint density at radius 3 is 2.11 bits per heavy atom. The van der Waals surface area contributed by atoms with Gasteiger partial charge < -0.3 is 15.8 Å². The summed E-state index contributed by atoms with van der Waals surface area (Å²) < 4.78 is 5.38. The lowest BCUT2D eigenvalue weighted by molar-refractivity contribution is 0.0383. The summed E-state index contributed by atoms with van der Waals surface area (Å²) in [4.78, 5) is 12.0. The van der Waals surface area contributed by atoms with Crippen LogP contribution in [0.4, 0.5) is 4.79 Å². The lowest BCUT2D eigenvalue weighted by Crippen LogP contribution is -2.63. The average molecular weight is 254 g/mol. The molecule has 0 saturated heterocycles. The summed E-state index contributed by atoms with van der Waals surface area (Å²) in [5, 5.41) is 3.11. The van der Waals surface area contributed by atoms with E-state index in [4.69, 9.17) is 10.5 Å². The van der Waals surface area contributed by atoms with Gasteiger partial charge in [0.25, 0.3) is 0 Å². The number of nitrogens with one attached hydrogen (secondary N) is 1. The zero-order valence-electron chi connectivity index (χ0n) is 11.8. The highest BCUT2D eigenvalue weighted by atomic mass is 16.6. The Morgan fingerprint density at radius 2 is 1.67 bits per heavy atom. The fourth-order valence-electron chi connectivity index (χ4n) is 3.01. The van der Waals surface area contributed by atoms with E-state index < -0.39 is 5.60 Å². The van der Waals surface area contributed by atoms with E-state index >= 15 is 0 Å². The minimum absolute atomic E-state index is 0.190. The molecule has 0 aromatic rings. The number of nitrogens with two attached hydrogens (primary N) is 1. The second-order valence-corrected chi connectivity index (χ2v) is 6.93. The van der Waals surface area contributed by atoms with Crippen molar-refractivity contribution in [1.82, 2.24) is 5.32 Å². The fraction of sp³-hybridized carbons (Fsp3) is 0.929. The summed E-state index contributed by atoms with van der Waals surface area (Å²) in [6.45, 7) is 5.65. The highest BCUT2D eigenvalue weighted by Gasteiger charge is 2.57. The predicted molar refractivity (Wildman–Crippen MR) is 71.3 cm³/mol. The number of rotatable bonds is 2. The molecule has 0 aliphatic heterocycles. The number of ether oxygens (including phenoxy) is 1. The highest BCUT2D eigenvalue weighted by molar-refractivity contribution is 5.69. The number of hydrogen-bond donors (Lipinski definition) is 2. The van der Waals surface area contributed by atoms with Gasteiger partial charge in [0, 0.05) is 5.54 Å². The first-order valence-corrected chi connectivity index (χ1v) is 7.07. The van der Waals surface area contributed by atoms with Gasteiger partial charge >= 0.3 is 6.09 Å². The summed E-state index contributed by atoms with van der Waals surface area (Å²) in [7, 11) is 0. The Morgan fingerprint density at radius 1 is 1.11 bits per heavy atom. The average Bonchev–Trinajstić information content (AvgIpc) is 2.96. The molecule has 4 heteroatoms. The van der Waals surface area contributed by atoms with Gasteiger partial charge in [-0.05, 0) is 46.5 Å². The molecule has 0 radical (unpaired) electrons. The largest absolute Gasteiger partial charge is 0.444 e. The van der Waals surface area contributed by atoms with Crippen LogP contribution in [0, 0.1) is 0 Å². The van der Waals surface area contributed by atoms with Crippen LogP contribution in [-0.2, 0) is 4.74 Å². The number of amides is 1. The molecule has 2 fully saturated rings. The topological polar surface area (TPSA) is 64.3 Å². The van der Waals surface area contributed by atoms with E-state index in [0.29, 0.717) is 0 Å². The second-order valence-electron chi connectivity index (χ2n) is 6.93. The molecule has 2 rings (SSSR count). The molecule has 0 aromatic heterocycles. The molecular formula is C14H26N2O2. The molecular weight excluding hydrogens is 228 g/mol. The number of carbonyl (C=O) groups is 1. The molecule has 0 heterocycles. The maximum Gasteiger partial charge on any atom is 0.408 e. The zero-order chi connectivity index (χ0) is 13.4. The number of alkyl carbamates (subject to hydrolysis) is 1. The van der Waals surface area contributed by atoms with Crippen LogP contribution >= 0.6 is 0 Å². The molecule has 1 amide bonds. The molecule has 104 valence electrons. The number of hydrogen-bond acceptors (Lipinski definition) is 3. The summed E-state index contributed by atoms with van der Waals surface area (Å²) in [5.74, 6) is 0. The molecule has 4 nitrogen and oxygen atoms in total. The van der Waals surface area contributed by atoms with Crippen molar-refractivity contribution in [2.45, 2.75) is 82.4 Å². The third kappa shape index (κ3) is 2.79. The van der Waals surface area contributed by atoms with Crippen LogP contribution in [0.15, 0.2) is 0 Å². The van der Waals surface area contributed by atoms with Crippen LogP contribution in [0.1, 0.15) is 65.7 Å². The molecule has 0 spiro atoms. The quantitative estimate of drug-likeness (QED) is 0.796. The Balaban J connectivity index is 2.04. The van der Waals surface area contributed by atoms with Gasteiger partial charge in [0.1, 0.15) is 5.60 Å². The molecule has 0 bridgehead atoms. The van der Waals surface area contributed by atoms with E-state index in [-0.39, 0.29) is 17.2 Å². The van der Waals surface area contributed by atoms with E-state index in [1.54, 1.807) is 0 Å². The van der Waals surface area contributed by atoms with Crippen LogP contribution in [-0.4, -0.2) is 22.8 Å². The minimum atomic E-state index is -0.453. The van der Waals surface area contributed by atoms with Gasteiger partial charge in [0.2, 0.25) is 0 Å². The van der Waals surface area contributed by atoms with Crippen molar-refractivity contribution in [3.8, 4) is 0 Å². The first-order chi connectivity index (χ1) is 8.27. The third-order valence-corrected chi connectivity index (χ3v) is 4.19. The Labute approximate surface area is 110 Å². The molecule has 0 unspecified atom stereocenters. The number of carbonyl (C=O) groups excluding carboxylic acids is 1. The monoisotopic (exact) mass is 254 g/mol. The van der Waals surface area contributed by atoms with Gasteiger partial charge in [-0.1, -0.05) is 19.3 Å². The SMILES string of the molecule is CC(C)(C)OC(=O)NC1(C2(N)CC2)CCCCC1. The van der Waals surface area contributed by atoms with Crippen molar-refractivity contribution in [3.63, 3.8) is 0 Å². The summed E-state index contributed by atoms with van der Waals surface area (Å²) in [5.41, 5.74) is 5.53. The third-order valence-electron chi connectivity index (χ3n) is 4.19. The van der Waals surface area contributed by atoms with Crippen molar-refractivity contribution in [2.24, 2.45) is 5.73 Å². The second kappa shape index (κ2) is 4.41. The molecule has 2 aliphatic rings. The fourth-order valence-corrected chi connectivity index (χ4v) is 3.01. The van der Waals surface area contributed by atoms with Gasteiger partial charge in [0.05, 0.1) is 5.54 Å². The standard InChI is InChI=1S/C14H26N2O2/c1-12(2,3)18-11(17)16-14(13(15)9-10-13)7-5-4-6-8-14/h4-10,15H2,1-3H3,(H,16,17). The lowest BCUT2D eigenvalue weighted by Gasteiger charge is -2.43. The Kier molecular flexibility index (Phi) is 3.34. The summed E-state index contributed by atoms with van der Waals surface area (Å²) in [6.07, 6.45) is 7.23. The van der Waals surface area contributed by atoms with Crippen LogP contribution in [0.3, 0.4) is 0 Å². The van der Waals surface area contributed by atoms with Crippen LogP contribution in [0.2, 0.25) is 0 Å². The lowest BCUT2D eigenvalue weighted by atomic mass is 9.75. The van der Waals surface area contributed by atoms with Gasteiger partial charge in [0.15, 0.2) is 0 Å². The van der Waals surface area contributed by atoms with Crippen molar-refractivity contribution < 1.29 is 9.53 Å². The van der Waals surface area contributed by atoms with E-state index in [1.807, 2.05) is 20.8 Å². The Bertz CT molecular complexity index is 323. The molecule has 0 atom stereocenters. The highest BCUT2D eigenvalue weighted by Crippen LogP contribution is 2.49. The normalized spacial score (nSPS) is 25.3. The van der Waals surface area contributed by atoms with Crippen LogP contribution < -0.4 is 11.1 Å². The van der Waals surface area contributed by atoms with Crippen molar-refractivity contribution in [1.29, 1.82) is 0 Å². The van der Waals surface area contributed by atoms with Gasteiger partial charge in [-0.2, -0.15) is 0 Å². The van der Waals surface area contributed by atoms with Crippen molar-refractivity contribution in [2.75, 3.05) is 0 Å². The first kappa shape index (κ1) is 13.7. The molecule has 2 saturated carbocycles. The van der Waals surface area contributed by atoms with Gasteiger partial charge in [-0.15, -0.1) is 0 Å². The minimum Gasteiger partial charge on any atom is -0.444 e. The van der Waals surface area contributed by atoms with E-state index in [9.17, 15) is 4.79 Å². The maximum atomic E-state index is 12.0.